The predicted molar refractivity (Wildman–Crippen MR) is 152 cm³/mol. The van der Waals surface area contributed by atoms with Gasteiger partial charge in [-0.25, -0.2) is 0 Å². The zero-order valence-electron chi connectivity index (χ0n) is 22.0. The first-order valence-corrected chi connectivity index (χ1v) is 14.5. The minimum Gasteiger partial charge on any atom is -0.489 e. The molecule has 3 aliphatic heterocycles. The third-order valence-electron chi connectivity index (χ3n) is 8.33. The van der Waals surface area contributed by atoms with Gasteiger partial charge in [-0.05, 0) is 31.0 Å². The van der Waals surface area contributed by atoms with Crippen molar-refractivity contribution in [1.82, 2.24) is 15.2 Å². The van der Waals surface area contributed by atoms with Gasteiger partial charge >= 0.3 is 0 Å². The van der Waals surface area contributed by atoms with Gasteiger partial charge in [0.1, 0.15) is 12.4 Å². The van der Waals surface area contributed by atoms with E-state index in [0.29, 0.717) is 43.3 Å². The van der Waals surface area contributed by atoms with Crippen molar-refractivity contribution in [3.8, 4) is 16.9 Å². The van der Waals surface area contributed by atoms with Gasteiger partial charge in [0.2, 0.25) is 11.8 Å². The number of carboxylic acid groups (broad SMARTS) is 1. The highest BCUT2D eigenvalue weighted by molar-refractivity contribution is 7.19. The number of anilines is 1. The molecule has 2 amide bonds. The monoisotopic (exact) mass is 600 g/mol. The molecule has 11 nitrogen and oxygen atoms in total. The molecule has 5 heterocycles. The van der Waals surface area contributed by atoms with Crippen molar-refractivity contribution in [3.63, 3.8) is 0 Å². The Morgan fingerprint density at radius 2 is 1.90 bits per heavy atom. The maximum absolute atomic E-state index is 12.5. The topological polar surface area (TPSA) is 153 Å². The second-order valence-electron chi connectivity index (χ2n) is 10.8. The minimum absolute atomic E-state index is 0.0479. The van der Waals surface area contributed by atoms with E-state index in [-0.39, 0.29) is 55.9 Å². The summed E-state index contributed by atoms with van der Waals surface area (Å²) in [5.41, 5.74) is 2.86. The van der Waals surface area contributed by atoms with Gasteiger partial charge in [-0.15, -0.1) is 11.3 Å². The van der Waals surface area contributed by atoms with Crippen LogP contribution >= 0.6 is 22.9 Å². The first-order valence-electron chi connectivity index (χ1n) is 13.3. The molecular weight excluding hydrogens is 572 g/mol. The molecule has 1 aromatic carbocycles. The molecule has 4 aliphatic rings. The van der Waals surface area contributed by atoms with Crippen molar-refractivity contribution in [1.29, 1.82) is 0 Å². The van der Waals surface area contributed by atoms with Crippen LogP contribution in [0.5, 0.6) is 5.75 Å². The van der Waals surface area contributed by atoms with Crippen LogP contribution in [0.1, 0.15) is 17.7 Å². The fraction of sp³-hybridized carbons (Fsp3) is 0.429. The van der Waals surface area contributed by atoms with E-state index >= 15 is 0 Å². The summed E-state index contributed by atoms with van der Waals surface area (Å²) < 4.78 is 7.02. The lowest BCUT2D eigenvalue weighted by Gasteiger charge is -2.38. The minimum atomic E-state index is -0.715. The van der Waals surface area contributed by atoms with Crippen molar-refractivity contribution in [2.45, 2.75) is 31.0 Å². The van der Waals surface area contributed by atoms with Crippen LogP contribution in [0.25, 0.3) is 21.3 Å². The van der Waals surface area contributed by atoms with Crippen LogP contribution in [0, 0.1) is 11.8 Å². The van der Waals surface area contributed by atoms with Crippen molar-refractivity contribution < 1.29 is 34.4 Å². The van der Waals surface area contributed by atoms with Crippen LogP contribution in [0.3, 0.4) is 0 Å². The van der Waals surface area contributed by atoms with Crippen LogP contribution in [0.15, 0.2) is 30.5 Å². The predicted octanol–water partition coefficient (Wildman–Crippen LogP) is 2.11. The summed E-state index contributed by atoms with van der Waals surface area (Å²) in [6.07, 6.45) is 3.05. The Balaban J connectivity index is 0.000000967. The van der Waals surface area contributed by atoms with Crippen LogP contribution < -0.4 is 15.0 Å². The Morgan fingerprint density at radius 1 is 1.17 bits per heavy atom. The number of halogens is 1. The van der Waals surface area contributed by atoms with E-state index in [1.54, 1.807) is 6.20 Å². The van der Waals surface area contributed by atoms with E-state index in [1.165, 1.54) is 16.2 Å². The third kappa shape index (κ3) is 4.83. The number of pyridine rings is 1. The SMILES string of the molecule is O=C1C2CC2C(=O)N1Cc1cc2nccc(-c3cc(Cl)cc4c3N([C@@H]3CNC(CO)(CO)C3)CCO4)c2s1.O=CO. The number of carbonyl (C=O) groups is 3. The van der Waals surface area contributed by atoms with E-state index < -0.39 is 5.54 Å². The van der Waals surface area contributed by atoms with Crippen molar-refractivity contribution in [2.24, 2.45) is 11.8 Å². The molecule has 41 heavy (non-hydrogen) atoms. The molecule has 4 N–H and O–H groups in total. The lowest BCUT2D eigenvalue weighted by molar-refractivity contribution is -0.142. The molecule has 3 atom stereocenters. The van der Waals surface area contributed by atoms with Gasteiger partial charge < -0.3 is 30.3 Å². The van der Waals surface area contributed by atoms with Gasteiger partial charge in [-0.2, -0.15) is 0 Å². The molecule has 3 aromatic rings. The van der Waals surface area contributed by atoms with Gasteiger partial charge in [-0.3, -0.25) is 24.3 Å². The van der Waals surface area contributed by atoms with Gasteiger partial charge in [-0.1, -0.05) is 11.6 Å². The summed E-state index contributed by atoms with van der Waals surface area (Å²) in [4.78, 5) is 42.6. The number of piperidine rings is 1. The number of hydrogen-bond donors (Lipinski definition) is 4. The average Bonchev–Trinajstić information content (AvgIpc) is 3.38. The van der Waals surface area contributed by atoms with E-state index in [0.717, 1.165) is 31.9 Å². The number of aromatic nitrogens is 1. The molecule has 0 spiro atoms. The number of carbonyl (C=O) groups excluding carboxylic acids is 2. The number of rotatable bonds is 6. The van der Waals surface area contributed by atoms with Crippen LogP contribution in [-0.4, -0.2) is 88.0 Å². The lowest BCUT2D eigenvalue weighted by Crippen LogP contribution is -2.47. The number of ether oxygens (including phenoxy) is 1. The summed E-state index contributed by atoms with van der Waals surface area (Å²) in [6, 6.07) is 7.73. The van der Waals surface area contributed by atoms with E-state index in [2.05, 4.69) is 15.2 Å². The number of thiophene rings is 1. The van der Waals surface area contributed by atoms with Crippen LogP contribution in [-0.2, 0) is 20.9 Å². The molecule has 0 radical (unpaired) electrons. The number of likely N-dealkylation sites (tertiary alicyclic amines) is 1. The number of aliphatic hydroxyl groups is 2. The Hall–Kier alpha value is -3.29. The number of nitrogens with one attached hydrogen (secondary N) is 1. The molecular formula is C28H29ClN4O7S. The largest absolute Gasteiger partial charge is 0.489 e. The number of amides is 2. The van der Waals surface area contributed by atoms with E-state index in [9.17, 15) is 19.8 Å². The average molecular weight is 601 g/mol. The highest BCUT2D eigenvalue weighted by Crippen LogP contribution is 2.49. The van der Waals surface area contributed by atoms with Crippen LogP contribution in [0.2, 0.25) is 5.02 Å². The van der Waals surface area contributed by atoms with Crippen LogP contribution in [0.4, 0.5) is 5.69 Å². The first kappa shape index (κ1) is 27.9. The zero-order chi connectivity index (χ0) is 28.9. The maximum atomic E-state index is 12.5. The van der Waals surface area contributed by atoms with E-state index in [1.807, 2.05) is 24.3 Å². The van der Waals surface area contributed by atoms with Crippen molar-refractivity contribution in [3.05, 3.63) is 40.4 Å². The number of nitrogens with zero attached hydrogens (tertiary/aromatic N) is 3. The number of benzene rings is 1. The molecule has 2 saturated heterocycles. The molecule has 216 valence electrons. The second kappa shape index (κ2) is 10.8. The molecule has 2 unspecified atom stereocenters. The van der Waals surface area contributed by atoms with E-state index in [4.69, 9.17) is 26.2 Å². The Kier molecular flexibility index (Phi) is 7.37. The second-order valence-corrected chi connectivity index (χ2v) is 12.4. The summed E-state index contributed by atoms with van der Waals surface area (Å²) in [5.74, 6) is 0.340. The summed E-state index contributed by atoms with van der Waals surface area (Å²) in [5, 5.41) is 30.6. The van der Waals surface area contributed by atoms with Crippen molar-refractivity contribution in [2.75, 3.05) is 37.8 Å². The quantitative estimate of drug-likeness (QED) is 0.244. The Labute approximate surface area is 244 Å². The Morgan fingerprint density at radius 3 is 2.59 bits per heavy atom. The molecule has 2 aromatic heterocycles. The number of imide groups is 1. The maximum Gasteiger partial charge on any atom is 0.290 e. The molecule has 1 saturated carbocycles. The normalized spacial score (nSPS) is 24.0. The van der Waals surface area contributed by atoms with Gasteiger partial charge in [0.15, 0.2) is 0 Å². The summed E-state index contributed by atoms with van der Waals surface area (Å²) in [7, 11) is 0. The molecule has 7 rings (SSSR count). The Bertz CT molecular complexity index is 1510. The fourth-order valence-corrected chi connectivity index (χ4v) is 7.54. The lowest BCUT2D eigenvalue weighted by atomic mass is 9.95. The fourth-order valence-electron chi connectivity index (χ4n) is 6.20. The number of fused-ring (bicyclic) bond motifs is 3. The smallest absolute Gasteiger partial charge is 0.290 e. The molecule has 1 aliphatic carbocycles. The first-order chi connectivity index (χ1) is 19.8. The van der Waals surface area contributed by atoms with Gasteiger partial charge in [0.05, 0.1) is 59.6 Å². The standard InChI is InChI=1S/C27H27ClN4O5S.CH2O2/c28-14-5-18(23-22(6-14)37-4-3-31(23)15-9-27(12-33,13-34)30-10-15)17-1-2-29-21-7-16(38-24(17)21)11-32-25(35)19-8-20(19)26(32)36;2-1-3/h1-2,5-7,15,19-20,30,33-34H,3-4,8-13H2;1H,(H,2,3)/t15-,19?,20?;/m0./s1. The highest BCUT2D eigenvalue weighted by atomic mass is 35.5. The summed E-state index contributed by atoms with van der Waals surface area (Å²) in [6.45, 7) is 1.52. The third-order valence-corrected chi connectivity index (χ3v) is 9.69. The number of hydrogen-bond acceptors (Lipinski definition) is 10. The highest BCUT2D eigenvalue weighted by Gasteiger charge is 2.58. The number of aliphatic hydroxyl groups excluding tert-OH is 2. The van der Waals surface area contributed by atoms with Crippen molar-refractivity contribution >= 4 is 57.1 Å². The summed E-state index contributed by atoms with van der Waals surface area (Å²) >= 11 is 8.11. The molecule has 13 heteroatoms. The van der Waals surface area contributed by atoms with Gasteiger partial charge in [0.25, 0.3) is 6.47 Å². The zero-order valence-corrected chi connectivity index (χ0v) is 23.5. The van der Waals surface area contributed by atoms with Gasteiger partial charge in [0, 0.05) is 45.9 Å². The molecule has 3 fully saturated rings. The molecule has 0 bridgehead atoms.